The average Bonchev–Trinajstić information content (AvgIpc) is 2.84. The van der Waals surface area contributed by atoms with Gasteiger partial charge in [0.05, 0.1) is 24.5 Å². The summed E-state index contributed by atoms with van der Waals surface area (Å²) in [6, 6.07) is -0.608. The van der Waals surface area contributed by atoms with E-state index in [4.69, 9.17) is 9.84 Å². The molecule has 2 aliphatic rings. The zero-order valence-corrected chi connectivity index (χ0v) is 16.8. The van der Waals surface area contributed by atoms with E-state index in [-0.39, 0.29) is 13.2 Å². The van der Waals surface area contributed by atoms with Gasteiger partial charge in [-0.1, -0.05) is 32.1 Å². The predicted molar refractivity (Wildman–Crippen MR) is 98.7 cm³/mol. The first-order valence-corrected chi connectivity index (χ1v) is 11.2. The third kappa shape index (κ3) is 5.77. The molecule has 0 aromatic carbocycles. The van der Waals surface area contributed by atoms with Crippen LogP contribution in [0.1, 0.15) is 52.4 Å². The normalized spacial score (nSPS) is 27.6. The molecular formula is C17H32N2O7S. The monoisotopic (exact) mass is 408 g/mol. The van der Waals surface area contributed by atoms with E-state index in [2.05, 4.69) is 4.72 Å². The van der Waals surface area contributed by atoms with Crippen LogP contribution in [-0.4, -0.2) is 77.6 Å². The number of ether oxygens (including phenoxy) is 1. The van der Waals surface area contributed by atoms with Crippen LogP contribution >= 0.6 is 0 Å². The first kappa shape index (κ1) is 22.4. The molecule has 0 spiro atoms. The van der Waals surface area contributed by atoms with Crippen molar-refractivity contribution in [2.45, 2.75) is 76.3 Å². The SMILES string of the molecule is CC1(C)O[C@H](C(O)CS(=O)(=O)NCCO)[C@H](CC2CCCCC2)N1C(=O)O. The maximum atomic E-state index is 12.1. The Kier molecular flexibility index (Phi) is 7.48. The van der Waals surface area contributed by atoms with Gasteiger partial charge < -0.3 is 20.1 Å². The Morgan fingerprint density at radius 1 is 1.30 bits per heavy atom. The van der Waals surface area contributed by atoms with Crippen molar-refractivity contribution in [3.05, 3.63) is 0 Å². The van der Waals surface area contributed by atoms with E-state index in [0.717, 1.165) is 25.7 Å². The van der Waals surface area contributed by atoms with Gasteiger partial charge in [-0.3, -0.25) is 4.90 Å². The Balaban J connectivity index is 2.18. The number of nitrogens with one attached hydrogen (secondary N) is 1. The lowest BCUT2D eigenvalue weighted by atomic mass is 9.83. The molecule has 1 saturated heterocycles. The van der Waals surface area contributed by atoms with Crippen LogP contribution in [0.25, 0.3) is 0 Å². The summed E-state index contributed by atoms with van der Waals surface area (Å²) in [5.41, 5.74) is -1.15. The first-order chi connectivity index (χ1) is 12.6. The number of amides is 1. The molecule has 27 heavy (non-hydrogen) atoms. The van der Waals surface area contributed by atoms with Crippen molar-refractivity contribution in [2.24, 2.45) is 5.92 Å². The van der Waals surface area contributed by atoms with Gasteiger partial charge in [0.15, 0.2) is 0 Å². The van der Waals surface area contributed by atoms with Crippen molar-refractivity contribution < 1.29 is 33.3 Å². The van der Waals surface area contributed by atoms with Gasteiger partial charge in [0.1, 0.15) is 11.8 Å². The zero-order chi connectivity index (χ0) is 20.2. The second-order valence-electron chi connectivity index (χ2n) is 7.96. The fourth-order valence-corrected chi connectivity index (χ4v) is 5.46. The Morgan fingerprint density at radius 2 is 1.93 bits per heavy atom. The number of aliphatic hydroxyl groups is 2. The molecule has 2 fully saturated rings. The third-order valence-electron chi connectivity index (χ3n) is 5.42. The Morgan fingerprint density at radius 3 is 2.48 bits per heavy atom. The molecule has 0 bridgehead atoms. The van der Waals surface area contributed by atoms with Crippen LogP contribution in [-0.2, 0) is 14.8 Å². The molecule has 9 nitrogen and oxygen atoms in total. The van der Waals surface area contributed by atoms with E-state index in [1.54, 1.807) is 13.8 Å². The summed E-state index contributed by atoms with van der Waals surface area (Å²) in [5.74, 6) is -0.274. The summed E-state index contributed by atoms with van der Waals surface area (Å²) < 4.78 is 32.2. The Labute approximate surface area is 160 Å². The molecule has 0 aromatic rings. The molecule has 1 saturated carbocycles. The summed E-state index contributed by atoms with van der Waals surface area (Å²) in [6.45, 7) is 2.73. The maximum absolute atomic E-state index is 12.1. The molecule has 10 heteroatoms. The van der Waals surface area contributed by atoms with Crippen LogP contribution in [0.4, 0.5) is 4.79 Å². The summed E-state index contributed by atoms with van der Waals surface area (Å²) in [4.78, 5) is 13.1. The summed E-state index contributed by atoms with van der Waals surface area (Å²) >= 11 is 0. The van der Waals surface area contributed by atoms with Gasteiger partial charge in [0.25, 0.3) is 0 Å². The van der Waals surface area contributed by atoms with Gasteiger partial charge in [-0.2, -0.15) is 0 Å². The lowest BCUT2D eigenvalue weighted by Gasteiger charge is -2.34. The van der Waals surface area contributed by atoms with E-state index in [0.29, 0.717) is 12.3 Å². The molecule has 1 unspecified atom stereocenters. The molecule has 0 radical (unpaired) electrons. The van der Waals surface area contributed by atoms with Crippen LogP contribution in [0, 0.1) is 5.92 Å². The first-order valence-electron chi connectivity index (χ1n) is 9.53. The summed E-state index contributed by atoms with van der Waals surface area (Å²) in [7, 11) is -3.82. The van der Waals surface area contributed by atoms with E-state index >= 15 is 0 Å². The standard InChI is InChI=1S/C17H32N2O7S/c1-17(2)19(16(22)23)13(10-12-6-4-3-5-7-12)15(26-17)14(21)11-27(24,25)18-8-9-20/h12-15,18,20-21H,3-11H2,1-2H3,(H,22,23)/t13-,14?,15-/m0/s1. The quantitative estimate of drug-likeness (QED) is 0.464. The zero-order valence-electron chi connectivity index (χ0n) is 16.0. The van der Waals surface area contributed by atoms with Crippen molar-refractivity contribution in [1.82, 2.24) is 9.62 Å². The fourth-order valence-electron chi connectivity index (χ4n) is 4.31. The second-order valence-corrected chi connectivity index (χ2v) is 9.81. The van der Waals surface area contributed by atoms with E-state index in [1.165, 1.54) is 11.3 Å². The van der Waals surface area contributed by atoms with Crippen molar-refractivity contribution in [3.63, 3.8) is 0 Å². The van der Waals surface area contributed by atoms with Gasteiger partial charge in [-0.25, -0.2) is 17.9 Å². The maximum Gasteiger partial charge on any atom is 0.409 e. The Bertz CT molecular complexity index is 604. The van der Waals surface area contributed by atoms with E-state index < -0.39 is 45.8 Å². The number of carbonyl (C=O) groups is 1. The summed E-state index contributed by atoms with van der Waals surface area (Å²) in [6.07, 6.45) is 2.48. The van der Waals surface area contributed by atoms with Crippen molar-refractivity contribution >= 4 is 16.1 Å². The van der Waals surface area contributed by atoms with Crippen molar-refractivity contribution in [2.75, 3.05) is 18.9 Å². The highest BCUT2D eigenvalue weighted by Crippen LogP contribution is 2.39. The molecule has 4 N–H and O–H groups in total. The largest absolute Gasteiger partial charge is 0.465 e. The number of nitrogens with zero attached hydrogens (tertiary/aromatic N) is 1. The molecular weight excluding hydrogens is 376 g/mol. The van der Waals surface area contributed by atoms with Gasteiger partial charge in [0, 0.05) is 6.54 Å². The van der Waals surface area contributed by atoms with Crippen molar-refractivity contribution in [1.29, 1.82) is 0 Å². The van der Waals surface area contributed by atoms with Crippen molar-refractivity contribution in [3.8, 4) is 0 Å². The van der Waals surface area contributed by atoms with Crippen LogP contribution in [0.5, 0.6) is 0 Å². The number of aliphatic hydroxyl groups excluding tert-OH is 2. The number of hydrogen-bond donors (Lipinski definition) is 4. The molecule has 1 heterocycles. The topological polar surface area (TPSA) is 136 Å². The van der Waals surface area contributed by atoms with Crippen LogP contribution in [0.2, 0.25) is 0 Å². The minimum absolute atomic E-state index is 0.140. The predicted octanol–water partition coefficient (Wildman–Crippen LogP) is 0.713. The fraction of sp³-hybridized carbons (Fsp3) is 0.941. The highest BCUT2D eigenvalue weighted by atomic mass is 32.2. The van der Waals surface area contributed by atoms with Gasteiger partial charge in [-0.05, 0) is 26.2 Å². The van der Waals surface area contributed by atoms with E-state index in [1.807, 2.05) is 0 Å². The highest BCUT2D eigenvalue weighted by Gasteiger charge is 2.53. The molecule has 2 rings (SSSR count). The lowest BCUT2D eigenvalue weighted by Crippen LogP contribution is -2.50. The lowest BCUT2D eigenvalue weighted by molar-refractivity contribution is -0.0933. The molecule has 3 atom stereocenters. The van der Waals surface area contributed by atoms with E-state index in [9.17, 15) is 23.4 Å². The van der Waals surface area contributed by atoms with Crippen LogP contribution in [0.3, 0.4) is 0 Å². The minimum Gasteiger partial charge on any atom is -0.465 e. The number of carboxylic acid groups (broad SMARTS) is 1. The molecule has 158 valence electrons. The van der Waals surface area contributed by atoms with Gasteiger partial charge >= 0.3 is 6.09 Å². The van der Waals surface area contributed by atoms with Crippen LogP contribution < -0.4 is 4.72 Å². The number of rotatable bonds is 8. The molecule has 1 amide bonds. The summed E-state index contributed by atoms with van der Waals surface area (Å²) in [5, 5.41) is 29.1. The molecule has 1 aliphatic heterocycles. The Hall–Kier alpha value is -0.940. The van der Waals surface area contributed by atoms with Crippen LogP contribution in [0.15, 0.2) is 0 Å². The third-order valence-corrected chi connectivity index (χ3v) is 6.85. The van der Waals surface area contributed by atoms with Gasteiger partial charge in [-0.15, -0.1) is 0 Å². The molecule has 1 aliphatic carbocycles. The van der Waals surface area contributed by atoms with Gasteiger partial charge in [0.2, 0.25) is 10.0 Å². The average molecular weight is 409 g/mol. The smallest absolute Gasteiger partial charge is 0.409 e. The molecule has 0 aromatic heterocycles. The number of sulfonamides is 1. The highest BCUT2D eigenvalue weighted by molar-refractivity contribution is 7.89. The minimum atomic E-state index is -3.82. The number of hydrogen-bond acceptors (Lipinski definition) is 6. The second kappa shape index (κ2) is 9.04.